The SMILES string of the molecule is CN1CCN(/C=C2/Cc3ccccc3C2=O)CC1. The van der Waals surface area contributed by atoms with Crippen molar-refractivity contribution in [3.8, 4) is 0 Å². The number of likely N-dealkylation sites (N-methyl/N-ethyl adjacent to an activating group) is 1. The van der Waals surface area contributed by atoms with E-state index in [1.54, 1.807) is 0 Å². The molecule has 2 aliphatic rings. The highest BCUT2D eigenvalue weighted by molar-refractivity contribution is 6.13. The lowest BCUT2D eigenvalue weighted by atomic mass is 10.1. The van der Waals surface area contributed by atoms with E-state index in [0.717, 1.165) is 43.7 Å². The predicted octanol–water partition coefficient (Wildman–Crippen LogP) is 1.56. The molecule has 1 aromatic carbocycles. The second-order valence-electron chi connectivity index (χ2n) is 5.16. The van der Waals surface area contributed by atoms with E-state index in [1.165, 1.54) is 5.56 Å². The van der Waals surface area contributed by atoms with Gasteiger partial charge >= 0.3 is 0 Å². The molecule has 1 fully saturated rings. The van der Waals surface area contributed by atoms with Gasteiger partial charge in [0.15, 0.2) is 5.78 Å². The molecular weight excluding hydrogens is 224 g/mol. The number of hydrogen-bond donors (Lipinski definition) is 0. The van der Waals surface area contributed by atoms with Crippen LogP contribution in [0.15, 0.2) is 36.0 Å². The van der Waals surface area contributed by atoms with E-state index >= 15 is 0 Å². The highest BCUT2D eigenvalue weighted by Gasteiger charge is 2.25. The quantitative estimate of drug-likeness (QED) is 0.698. The van der Waals surface area contributed by atoms with Crippen LogP contribution in [0, 0.1) is 0 Å². The third-order valence-corrected chi connectivity index (χ3v) is 3.81. The summed E-state index contributed by atoms with van der Waals surface area (Å²) in [5, 5.41) is 0. The van der Waals surface area contributed by atoms with Crippen molar-refractivity contribution in [3.63, 3.8) is 0 Å². The van der Waals surface area contributed by atoms with Gasteiger partial charge in [0.05, 0.1) is 0 Å². The average molecular weight is 242 g/mol. The summed E-state index contributed by atoms with van der Waals surface area (Å²) < 4.78 is 0. The van der Waals surface area contributed by atoms with Crippen molar-refractivity contribution in [2.45, 2.75) is 6.42 Å². The summed E-state index contributed by atoms with van der Waals surface area (Å²) >= 11 is 0. The number of rotatable bonds is 1. The van der Waals surface area contributed by atoms with Gasteiger partial charge in [-0.2, -0.15) is 0 Å². The highest BCUT2D eigenvalue weighted by atomic mass is 16.1. The summed E-state index contributed by atoms with van der Waals surface area (Å²) in [4.78, 5) is 16.8. The fourth-order valence-electron chi connectivity index (χ4n) is 2.63. The summed E-state index contributed by atoms with van der Waals surface area (Å²) in [5.74, 6) is 0.213. The summed E-state index contributed by atoms with van der Waals surface area (Å²) in [6.07, 6.45) is 2.87. The standard InChI is InChI=1S/C15H18N2O/c1-16-6-8-17(9-7-16)11-13-10-12-4-2-3-5-14(12)15(13)18/h2-5,11H,6-10H2,1H3/b13-11-. The van der Waals surface area contributed by atoms with Crippen LogP contribution in [0.5, 0.6) is 0 Å². The zero-order chi connectivity index (χ0) is 12.5. The fourth-order valence-corrected chi connectivity index (χ4v) is 2.63. The number of allylic oxidation sites excluding steroid dienone is 1. The largest absolute Gasteiger partial charge is 0.374 e. The van der Waals surface area contributed by atoms with Gasteiger partial charge in [-0.15, -0.1) is 0 Å². The molecule has 1 aliphatic carbocycles. The van der Waals surface area contributed by atoms with Crippen molar-refractivity contribution < 1.29 is 4.79 Å². The molecule has 1 saturated heterocycles. The first kappa shape index (κ1) is 11.5. The zero-order valence-corrected chi connectivity index (χ0v) is 10.7. The van der Waals surface area contributed by atoms with Crippen LogP contribution in [-0.4, -0.2) is 48.8 Å². The second-order valence-corrected chi connectivity index (χ2v) is 5.16. The van der Waals surface area contributed by atoms with Gasteiger partial charge in [-0.25, -0.2) is 0 Å². The number of carbonyl (C=O) groups excluding carboxylic acids is 1. The van der Waals surface area contributed by atoms with E-state index in [-0.39, 0.29) is 5.78 Å². The van der Waals surface area contributed by atoms with Crippen molar-refractivity contribution in [1.29, 1.82) is 0 Å². The normalized spacial score (nSPS) is 22.6. The number of hydrogen-bond acceptors (Lipinski definition) is 3. The lowest BCUT2D eigenvalue weighted by Crippen LogP contribution is -2.42. The molecule has 1 aromatic rings. The van der Waals surface area contributed by atoms with Crippen LogP contribution in [0.4, 0.5) is 0 Å². The van der Waals surface area contributed by atoms with E-state index in [2.05, 4.69) is 29.1 Å². The molecule has 0 unspecified atom stereocenters. The molecule has 0 spiro atoms. The smallest absolute Gasteiger partial charge is 0.191 e. The first-order valence-corrected chi connectivity index (χ1v) is 6.50. The maximum atomic E-state index is 12.2. The van der Waals surface area contributed by atoms with Gasteiger partial charge in [-0.3, -0.25) is 4.79 Å². The van der Waals surface area contributed by atoms with Crippen LogP contribution in [0.3, 0.4) is 0 Å². The zero-order valence-electron chi connectivity index (χ0n) is 10.7. The molecule has 1 heterocycles. The molecule has 3 nitrogen and oxygen atoms in total. The predicted molar refractivity (Wildman–Crippen MR) is 71.6 cm³/mol. The molecule has 1 aliphatic heterocycles. The third-order valence-electron chi connectivity index (χ3n) is 3.81. The number of carbonyl (C=O) groups is 1. The molecular formula is C15H18N2O. The molecule has 3 heteroatoms. The fraction of sp³-hybridized carbons (Fsp3) is 0.400. The topological polar surface area (TPSA) is 23.6 Å². The van der Waals surface area contributed by atoms with E-state index in [1.807, 2.05) is 18.2 Å². The molecule has 3 rings (SSSR count). The molecule has 94 valence electrons. The molecule has 0 aromatic heterocycles. The van der Waals surface area contributed by atoms with Crippen LogP contribution < -0.4 is 0 Å². The number of benzene rings is 1. The first-order chi connectivity index (χ1) is 8.74. The Morgan fingerprint density at radius 3 is 2.56 bits per heavy atom. The van der Waals surface area contributed by atoms with Crippen molar-refractivity contribution >= 4 is 5.78 Å². The maximum absolute atomic E-state index is 12.2. The monoisotopic (exact) mass is 242 g/mol. The van der Waals surface area contributed by atoms with Crippen molar-refractivity contribution in [2.75, 3.05) is 33.2 Å². The maximum Gasteiger partial charge on any atom is 0.191 e. The van der Waals surface area contributed by atoms with Gasteiger partial charge in [0.25, 0.3) is 0 Å². The Kier molecular flexibility index (Phi) is 2.92. The van der Waals surface area contributed by atoms with Crippen molar-refractivity contribution in [3.05, 3.63) is 47.2 Å². The molecule has 0 atom stereocenters. The third kappa shape index (κ3) is 2.06. The van der Waals surface area contributed by atoms with Gasteiger partial charge in [0.1, 0.15) is 0 Å². The summed E-state index contributed by atoms with van der Waals surface area (Å²) in [5.41, 5.74) is 3.00. The number of piperazine rings is 1. The van der Waals surface area contributed by atoms with Crippen LogP contribution in [-0.2, 0) is 6.42 Å². The average Bonchev–Trinajstić information content (AvgIpc) is 2.70. The van der Waals surface area contributed by atoms with Gasteiger partial charge < -0.3 is 9.80 Å². The lowest BCUT2D eigenvalue weighted by molar-refractivity contribution is 0.103. The minimum atomic E-state index is 0.213. The number of fused-ring (bicyclic) bond motifs is 1. The van der Waals surface area contributed by atoms with E-state index in [0.29, 0.717) is 0 Å². The van der Waals surface area contributed by atoms with Gasteiger partial charge in [0.2, 0.25) is 0 Å². The summed E-state index contributed by atoms with van der Waals surface area (Å²) in [6.45, 7) is 4.18. The van der Waals surface area contributed by atoms with Crippen LogP contribution in [0.25, 0.3) is 0 Å². The number of Topliss-reactive ketones (excluding diaryl/α,β-unsaturated/α-hetero) is 1. The molecule has 0 bridgehead atoms. The Morgan fingerprint density at radius 1 is 1.11 bits per heavy atom. The minimum absolute atomic E-state index is 0.213. The second kappa shape index (κ2) is 4.58. The Hall–Kier alpha value is -1.61. The van der Waals surface area contributed by atoms with Gasteiger partial charge in [-0.05, 0) is 12.6 Å². The Morgan fingerprint density at radius 2 is 1.83 bits per heavy atom. The van der Waals surface area contributed by atoms with Crippen LogP contribution in [0.1, 0.15) is 15.9 Å². The Balaban J connectivity index is 1.78. The number of ketones is 1. The molecule has 0 amide bonds. The van der Waals surface area contributed by atoms with Crippen molar-refractivity contribution in [1.82, 2.24) is 9.80 Å². The Bertz CT molecular complexity index is 499. The summed E-state index contributed by atoms with van der Waals surface area (Å²) in [6, 6.07) is 7.93. The first-order valence-electron chi connectivity index (χ1n) is 6.50. The van der Waals surface area contributed by atoms with Gasteiger partial charge in [0, 0.05) is 49.9 Å². The van der Waals surface area contributed by atoms with E-state index < -0.39 is 0 Å². The molecule has 0 saturated carbocycles. The Labute approximate surface area is 108 Å². The van der Waals surface area contributed by atoms with Gasteiger partial charge in [-0.1, -0.05) is 24.3 Å². The molecule has 0 radical (unpaired) electrons. The minimum Gasteiger partial charge on any atom is -0.374 e. The van der Waals surface area contributed by atoms with E-state index in [4.69, 9.17) is 0 Å². The highest BCUT2D eigenvalue weighted by Crippen LogP contribution is 2.26. The number of nitrogens with zero attached hydrogens (tertiary/aromatic N) is 2. The summed E-state index contributed by atoms with van der Waals surface area (Å²) in [7, 11) is 2.14. The van der Waals surface area contributed by atoms with Crippen LogP contribution >= 0.6 is 0 Å². The van der Waals surface area contributed by atoms with Crippen LogP contribution in [0.2, 0.25) is 0 Å². The molecule has 18 heavy (non-hydrogen) atoms. The van der Waals surface area contributed by atoms with E-state index in [9.17, 15) is 4.79 Å². The molecule has 0 N–H and O–H groups in total. The van der Waals surface area contributed by atoms with Crippen molar-refractivity contribution in [2.24, 2.45) is 0 Å². The lowest BCUT2D eigenvalue weighted by Gasteiger charge is -2.31.